The minimum atomic E-state index is 0.143. The van der Waals surface area contributed by atoms with Crippen molar-refractivity contribution >= 4 is 28.6 Å². The van der Waals surface area contributed by atoms with Gasteiger partial charge in [-0.2, -0.15) is 5.10 Å². The number of aromatic nitrogens is 5. The van der Waals surface area contributed by atoms with Crippen LogP contribution in [0.3, 0.4) is 0 Å². The van der Waals surface area contributed by atoms with E-state index in [1.165, 1.54) is 0 Å². The van der Waals surface area contributed by atoms with Crippen molar-refractivity contribution in [1.82, 2.24) is 29.6 Å². The van der Waals surface area contributed by atoms with E-state index >= 15 is 0 Å². The van der Waals surface area contributed by atoms with Crippen LogP contribution in [-0.4, -0.2) is 48.6 Å². The number of para-hydroxylation sites is 2. The Kier molecular flexibility index (Phi) is 6.53. The summed E-state index contributed by atoms with van der Waals surface area (Å²) in [5.74, 6) is 3.32. The molecule has 8 heteroatoms. The molecule has 0 radical (unpaired) electrons. The van der Waals surface area contributed by atoms with E-state index in [1.807, 2.05) is 48.2 Å². The van der Waals surface area contributed by atoms with Crippen LogP contribution in [0.5, 0.6) is 0 Å². The zero-order valence-corrected chi connectivity index (χ0v) is 20.7. The minimum absolute atomic E-state index is 0.143. The minimum Gasteiger partial charge on any atom is -0.340 e. The van der Waals surface area contributed by atoms with Gasteiger partial charge in [-0.3, -0.25) is 9.89 Å². The molecule has 4 heterocycles. The molecular formula is C27H33N7O. The lowest BCUT2D eigenvalue weighted by molar-refractivity contribution is -0.133. The zero-order valence-electron chi connectivity index (χ0n) is 20.7. The first kappa shape index (κ1) is 23.1. The number of amides is 1. The fourth-order valence-corrected chi connectivity index (χ4v) is 4.86. The van der Waals surface area contributed by atoms with Gasteiger partial charge in [-0.1, -0.05) is 32.0 Å². The predicted molar refractivity (Wildman–Crippen MR) is 138 cm³/mol. The summed E-state index contributed by atoms with van der Waals surface area (Å²) in [7, 11) is 0. The molecule has 1 saturated heterocycles. The molecule has 2 N–H and O–H groups in total. The van der Waals surface area contributed by atoms with Gasteiger partial charge < -0.3 is 14.8 Å². The number of hydrogen-bond donors (Lipinski definition) is 2. The van der Waals surface area contributed by atoms with Crippen LogP contribution in [0, 0.1) is 12.8 Å². The number of likely N-dealkylation sites (tertiary alicyclic amines) is 1. The fraction of sp³-hybridized carbons (Fsp3) is 0.407. The highest BCUT2D eigenvalue weighted by Gasteiger charge is 2.27. The van der Waals surface area contributed by atoms with Crippen molar-refractivity contribution in [2.24, 2.45) is 5.92 Å². The Morgan fingerprint density at radius 1 is 1.14 bits per heavy atom. The summed E-state index contributed by atoms with van der Waals surface area (Å²) in [4.78, 5) is 25.1. The summed E-state index contributed by atoms with van der Waals surface area (Å²) in [5.41, 5.74) is 3.98. The number of hydrogen-bond acceptors (Lipinski definition) is 5. The van der Waals surface area contributed by atoms with Crippen molar-refractivity contribution < 1.29 is 4.79 Å². The molecule has 1 atom stereocenters. The van der Waals surface area contributed by atoms with E-state index in [0.717, 1.165) is 65.7 Å². The van der Waals surface area contributed by atoms with Gasteiger partial charge in [-0.05, 0) is 49.9 Å². The molecule has 182 valence electrons. The van der Waals surface area contributed by atoms with E-state index in [2.05, 4.69) is 46.1 Å². The molecule has 1 unspecified atom stereocenters. The van der Waals surface area contributed by atoms with Gasteiger partial charge in [0.2, 0.25) is 5.91 Å². The van der Waals surface area contributed by atoms with Crippen LogP contribution in [0.4, 0.5) is 11.6 Å². The van der Waals surface area contributed by atoms with Crippen molar-refractivity contribution in [3.05, 3.63) is 65.7 Å². The van der Waals surface area contributed by atoms with E-state index in [-0.39, 0.29) is 11.8 Å². The number of carbonyl (C=O) groups is 1. The average Bonchev–Trinajstić information content (AvgIpc) is 3.41. The van der Waals surface area contributed by atoms with Crippen LogP contribution in [0.1, 0.15) is 49.8 Å². The zero-order chi connectivity index (χ0) is 24.4. The molecule has 0 spiro atoms. The number of H-pyrrole nitrogens is 1. The second-order valence-electron chi connectivity index (χ2n) is 9.89. The monoisotopic (exact) mass is 471 g/mol. The van der Waals surface area contributed by atoms with Gasteiger partial charge in [0.05, 0.1) is 11.0 Å². The average molecular weight is 472 g/mol. The number of nitrogens with one attached hydrogen (secondary N) is 2. The van der Waals surface area contributed by atoms with E-state index in [9.17, 15) is 4.79 Å². The highest BCUT2D eigenvalue weighted by molar-refractivity contribution is 5.81. The quantitative estimate of drug-likeness (QED) is 0.404. The second kappa shape index (κ2) is 9.90. The first-order valence-electron chi connectivity index (χ1n) is 12.4. The molecule has 3 aromatic heterocycles. The van der Waals surface area contributed by atoms with Crippen molar-refractivity contribution in [2.45, 2.75) is 52.5 Å². The molecule has 0 bridgehead atoms. The van der Waals surface area contributed by atoms with Gasteiger partial charge in [0.15, 0.2) is 5.82 Å². The molecule has 5 rings (SSSR count). The molecule has 1 aromatic carbocycles. The Bertz CT molecular complexity index is 1320. The summed E-state index contributed by atoms with van der Waals surface area (Å²) in [6, 6.07) is 16.1. The molecule has 35 heavy (non-hydrogen) atoms. The lowest BCUT2D eigenvalue weighted by Crippen LogP contribution is -2.41. The fourth-order valence-electron chi connectivity index (χ4n) is 4.86. The second-order valence-corrected chi connectivity index (χ2v) is 9.89. The number of aromatic amines is 1. The molecule has 0 aliphatic carbocycles. The third kappa shape index (κ3) is 5.21. The normalized spacial score (nSPS) is 16.2. The number of aryl methyl sites for hydroxylation is 1. The van der Waals surface area contributed by atoms with Crippen LogP contribution in [-0.2, 0) is 17.8 Å². The van der Waals surface area contributed by atoms with Gasteiger partial charge in [0, 0.05) is 42.9 Å². The van der Waals surface area contributed by atoms with Crippen molar-refractivity contribution in [3.63, 3.8) is 0 Å². The van der Waals surface area contributed by atoms with Crippen LogP contribution < -0.4 is 5.32 Å². The molecule has 0 saturated carbocycles. The maximum Gasteiger partial charge on any atom is 0.242 e. The summed E-state index contributed by atoms with van der Waals surface area (Å²) < 4.78 is 2.11. The van der Waals surface area contributed by atoms with Gasteiger partial charge >= 0.3 is 0 Å². The van der Waals surface area contributed by atoms with Crippen LogP contribution in [0.2, 0.25) is 0 Å². The number of benzene rings is 1. The highest BCUT2D eigenvalue weighted by atomic mass is 16.2. The molecular weight excluding hydrogens is 438 g/mol. The van der Waals surface area contributed by atoms with Crippen molar-refractivity contribution in [1.29, 1.82) is 0 Å². The SMILES string of the molecule is Cc1cc(Nc2cccc(C3CCCN(C(=O)Cn4c(CC(C)C)nc5ccccc54)C3)n2)n[nH]1. The first-order valence-corrected chi connectivity index (χ1v) is 12.4. The van der Waals surface area contributed by atoms with Gasteiger partial charge in [-0.15, -0.1) is 0 Å². The number of pyridine rings is 1. The molecule has 8 nitrogen and oxygen atoms in total. The van der Waals surface area contributed by atoms with Gasteiger partial charge in [-0.25, -0.2) is 9.97 Å². The maximum absolute atomic E-state index is 13.5. The van der Waals surface area contributed by atoms with E-state index < -0.39 is 0 Å². The third-order valence-corrected chi connectivity index (χ3v) is 6.54. The first-order chi connectivity index (χ1) is 17.0. The number of piperidine rings is 1. The topological polar surface area (TPSA) is 91.7 Å². The molecule has 1 amide bonds. The van der Waals surface area contributed by atoms with Crippen molar-refractivity contribution in [2.75, 3.05) is 18.4 Å². The predicted octanol–water partition coefficient (Wildman–Crippen LogP) is 4.81. The standard InChI is InChI=1S/C27H33N7O/c1-18(2)14-26-29-22-9-4-5-11-23(22)34(26)17-27(35)33-13-7-8-20(16-33)21-10-6-12-24(28-21)30-25-15-19(3)31-32-25/h4-6,9-12,15,18,20H,7-8,13-14,16-17H2,1-3H3,(H2,28,30,31,32). The number of anilines is 2. The number of rotatable bonds is 7. The third-order valence-electron chi connectivity index (χ3n) is 6.54. The maximum atomic E-state index is 13.5. The smallest absolute Gasteiger partial charge is 0.242 e. The summed E-state index contributed by atoms with van der Waals surface area (Å²) >= 11 is 0. The van der Waals surface area contributed by atoms with Gasteiger partial charge in [0.1, 0.15) is 18.2 Å². The number of nitrogens with zero attached hydrogens (tertiary/aromatic N) is 5. The lowest BCUT2D eigenvalue weighted by atomic mass is 9.94. The molecule has 1 aliphatic rings. The van der Waals surface area contributed by atoms with Gasteiger partial charge in [0.25, 0.3) is 0 Å². The molecule has 1 aliphatic heterocycles. The Labute approximate surface area is 205 Å². The number of fused-ring (bicyclic) bond motifs is 1. The van der Waals surface area contributed by atoms with Crippen molar-refractivity contribution in [3.8, 4) is 0 Å². The van der Waals surface area contributed by atoms with Crippen LogP contribution in [0.25, 0.3) is 11.0 Å². The van der Waals surface area contributed by atoms with Crippen LogP contribution in [0.15, 0.2) is 48.5 Å². The lowest BCUT2D eigenvalue weighted by Gasteiger charge is -2.33. The summed E-state index contributed by atoms with van der Waals surface area (Å²) in [5, 5.41) is 10.4. The Morgan fingerprint density at radius 3 is 2.80 bits per heavy atom. The van der Waals surface area contributed by atoms with E-state index in [0.29, 0.717) is 19.0 Å². The highest BCUT2D eigenvalue weighted by Crippen LogP contribution is 2.28. The Balaban J connectivity index is 1.31. The number of imidazole rings is 1. The largest absolute Gasteiger partial charge is 0.340 e. The molecule has 4 aromatic rings. The van der Waals surface area contributed by atoms with Crippen LogP contribution >= 0.6 is 0 Å². The Morgan fingerprint density at radius 2 is 2.00 bits per heavy atom. The summed E-state index contributed by atoms with van der Waals surface area (Å²) in [6.45, 7) is 8.12. The van der Waals surface area contributed by atoms with E-state index in [4.69, 9.17) is 9.97 Å². The summed E-state index contributed by atoms with van der Waals surface area (Å²) in [6.07, 6.45) is 2.84. The number of carbonyl (C=O) groups excluding carboxylic acids is 1. The Hall–Kier alpha value is -3.68. The molecule has 1 fully saturated rings. The van der Waals surface area contributed by atoms with E-state index in [1.54, 1.807) is 0 Å².